The van der Waals surface area contributed by atoms with Gasteiger partial charge in [-0.3, -0.25) is 4.98 Å². The quantitative estimate of drug-likeness (QED) is 0.778. The van der Waals surface area contributed by atoms with Gasteiger partial charge in [0.2, 0.25) is 0 Å². The first-order valence-corrected chi connectivity index (χ1v) is 6.41. The summed E-state index contributed by atoms with van der Waals surface area (Å²) in [6.45, 7) is 6.39. The van der Waals surface area contributed by atoms with Crippen LogP contribution in [0.2, 0.25) is 0 Å². The molecule has 1 aromatic heterocycles. The molecule has 0 bridgehead atoms. The van der Waals surface area contributed by atoms with E-state index in [4.69, 9.17) is 4.74 Å². The molecule has 0 aromatic carbocycles. The van der Waals surface area contributed by atoms with Crippen molar-refractivity contribution in [2.75, 3.05) is 33.4 Å². The van der Waals surface area contributed by atoms with Crippen molar-refractivity contribution in [1.29, 1.82) is 0 Å². The first-order valence-electron chi connectivity index (χ1n) is 6.41. The summed E-state index contributed by atoms with van der Waals surface area (Å²) < 4.78 is 5.12. The second-order valence-electron chi connectivity index (χ2n) is 4.98. The maximum atomic E-state index is 5.12. The number of ether oxygens (including phenoxy) is 1. The first-order chi connectivity index (χ1) is 8.28. The van der Waals surface area contributed by atoms with Gasteiger partial charge in [-0.25, -0.2) is 0 Å². The third-order valence-corrected chi connectivity index (χ3v) is 3.45. The number of likely N-dealkylation sites (tertiary alicyclic amines) is 1. The van der Waals surface area contributed by atoms with Gasteiger partial charge in [-0.15, -0.1) is 0 Å². The molecule has 1 saturated heterocycles. The molecule has 1 aliphatic rings. The van der Waals surface area contributed by atoms with Gasteiger partial charge in [0, 0.05) is 32.1 Å². The number of nitrogens with zero attached hydrogens (tertiary/aromatic N) is 2. The van der Waals surface area contributed by atoms with Crippen molar-refractivity contribution in [2.24, 2.45) is 5.92 Å². The molecule has 1 aliphatic heterocycles. The third-order valence-electron chi connectivity index (χ3n) is 3.45. The van der Waals surface area contributed by atoms with Crippen molar-refractivity contribution in [3.05, 3.63) is 29.6 Å². The van der Waals surface area contributed by atoms with Crippen molar-refractivity contribution in [3.63, 3.8) is 0 Å². The minimum Gasteiger partial charge on any atom is -0.383 e. The molecule has 94 valence electrons. The lowest BCUT2D eigenvalue weighted by Gasteiger charge is -2.15. The zero-order valence-corrected chi connectivity index (χ0v) is 10.9. The zero-order chi connectivity index (χ0) is 12.1. The van der Waals surface area contributed by atoms with Crippen LogP contribution in [-0.4, -0.2) is 43.2 Å². The van der Waals surface area contributed by atoms with E-state index < -0.39 is 0 Å². The summed E-state index contributed by atoms with van der Waals surface area (Å²) in [7, 11) is 1.77. The Morgan fingerprint density at radius 2 is 2.35 bits per heavy atom. The highest BCUT2D eigenvalue weighted by molar-refractivity contribution is 5.12. The molecule has 3 heteroatoms. The summed E-state index contributed by atoms with van der Waals surface area (Å²) in [5.74, 6) is 0.766. The molecule has 17 heavy (non-hydrogen) atoms. The molecular weight excluding hydrogens is 212 g/mol. The van der Waals surface area contributed by atoms with Crippen molar-refractivity contribution in [2.45, 2.75) is 19.8 Å². The van der Waals surface area contributed by atoms with Gasteiger partial charge in [0.05, 0.1) is 6.61 Å². The minimum absolute atomic E-state index is 0.766. The minimum atomic E-state index is 0.766. The van der Waals surface area contributed by atoms with Crippen molar-refractivity contribution >= 4 is 0 Å². The van der Waals surface area contributed by atoms with Gasteiger partial charge >= 0.3 is 0 Å². The molecule has 0 spiro atoms. The monoisotopic (exact) mass is 234 g/mol. The summed E-state index contributed by atoms with van der Waals surface area (Å²) >= 11 is 0. The van der Waals surface area contributed by atoms with Crippen LogP contribution in [0.4, 0.5) is 0 Å². The fraction of sp³-hybridized carbons (Fsp3) is 0.643. The van der Waals surface area contributed by atoms with E-state index in [1.807, 2.05) is 6.20 Å². The lowest BCUT2D eigenvalue weighted by molar-refractivity contribution is 0.159. The van der Waals surface area contributed by atoms with Crippen LogP contribution in [0.25, 0.3) is 0 Å². The molecule has 0 N–H and O–H groups in total. The van der Waals surface area contributed by atoms with E-state index in [1.165, 1.54) is 30.8 Å². The van der Waals surface area contributed by atoms with Gasteiger partial charge in [0.25, 0.3) is 0 Å². The van der Waals surface area contributed by atoms with Crippen molar-refractivity contribution in [3.8, 4) is 0 Å². The van der Waals surface area contributed by atoms with Crippen molar-refractivity contribution < 1.29 is 4.74 Å². The van der Waals surface area contributed by atoms with Crippen LogP contribution in [0.15, 0.2) is 18.3 Å². The SMILES string of the molecule is COCCN1CCC(Cc2ccc(C)cn2)C1. The average Bonchev–Trinajstić information content (AvgIpc) is 2.77. The fourth-order valence-corrected chi connectivity index (χ4v) is 2.42. The summed E-state index contributed by atoms with van der Waals surface area (Å²) in [5, 5.41) is 0. The van der Waals surface area contributed by atoms with E-state index in [9.17, 15) is 0 Å². The summed E-state index contributed by atoms with van der Waals surface area (Å²) in [6.07, 6.45) is 4.37. The third kappa shape index (κ3) is 3.79. The van der Waals surface area contributed by atoms with Gasteiger partial charge < -0.3 is 9.64 Å². The van der Waals surface area contributed by atoms with E-state index in [0.29, 0.717) is 0 Å². The number of methoxy groups -OCH3 is 1. The molecule has 1 fully saturated rings. The topological polar surface area (TPSA) is 25.4 Å². The molecule has 1 unspecified atom stereocenters. The number of pyridine rings is 1. The Morgan fingerprint density at radius 3 is 3.06 bits per heavy atom. The molecule has 0 radical (unpaired) electrons. The Labute approximate surface area is 104 Å². The molecule has 3 nitrogen and oxygen atoms in total. The van der Waals surface area contributed by atoms with Crippen LogP contribution in [0, 0.1) is 12.8 Å². The standard InChI is InChI=1S/C14H22N2O/c1-12-3-4-14(15-10-12)9-13-5-6-16(11-13)7-8-17-2/h3-4,10,13H,5-9,11H2,1-2H3. The second-order valence-corrected chi connectivity index (χ2v) is 4.98. The Hall–Kier alpha value is -0.930. The van der Waals surface area contributed by atoms with E-state index in [-0.39, 0.29) is 0 Å². The molecule has 2 rings (SSSR count). The van der Waals surface area contributed by atoms with E-state index in [0.717, 1.165) is 25.5 Å². The first kappa shape index (κ1) is 12.5. The summed E-state index contributed by atoms with van der Waals surface area (Å²) in [5.41, 5.74) is 2.47. The molecule has 0 amide bonds. The highest BCUT2D eigenvalue weighted by Gasteiger charge is 2.22. The van der Waals surface area contributed by atoms with Gasteiger partial charge in [-0.2, -0.15) is 0 Å². The molecule has 1 atom stereocenters. The Bertz CT molecular complexity index is 337. The van der Waals surface area contributed by atoms with Crippen LogP contribution in [0.3, 0.4) is 0 Å². The van der Waals surface area contributed by atoms with E-state index in [1.54, 1.807) is 7.11 Å². The number of aryl methyl sites for hydroxylation is 1. The highest BCUT2D eigenvalue weighted by atomic mass is 16.5. The normalized spacial score (nSPS) is 20.9. The largest absolute Gasteiger partial charge is 0.383 e. The number of aromatic nitrogens is 1. The molecule has 2 heterocycles. The molecular formula is C14H22N2O. The van der Waals surface area contributed by atoms with Gasteiger partial charge in [0.15, 0.2) is 0 Å². The van der Waals surface area contributed by atoms with Gasteiger partial charge in [0.1, 0.15) is 0 Å². The van der Waals surface area contributed by atoms with Gasteiger partial charge in [-0.05, 0) is 43.9 Å². The number of rotatable bonds is 5. The Kier molecular flexibility index (Phi) is 4.51. The smallest absolute Gasteiger partial charge is 0.0589 e. The lowest BCUT2D eigenvalue weighted by Crippen LogP contribution is -2.25. The van der Waals surface area contributed by atoms with E-state index in [2.05, 4.69) is 28.9 Å². The maximum Gasteiger partial charge on any atom is 0.0589 e. The number of hydrogen-bond acceptors (Lipinski definition) is 3. The molecule has 0 saturated carbocycles. The van der Waals surface area contributed by atoms with Crippen LogP contribution >= 0.6 is 0 Å². The highest BCUT2D eigenvalue weighted by Crippen LogP contribution is 2.19. The maximum absolute atomic E-state index is 5.12. The van der Waals surface area contributed by atoms with Gasteiger partial charge in [-0.1, -0.05) is 6.07 Å². The Morgan fingerprint density at radius 1 is 1.47 bits per heavy atom. The van der Waals surface area contributed by atoms with E-state index >= 15 is 0 Å². The average molecular weight is 234 g/mol. The Balaban J connectivity index is 1.79. The van der Waals surface area contributed by atoms with Crippen LogP contribution < -0.4 is 0 Å². The molecule has 1 aromatic rings. The summed E-state index contributed by atoms with van der Waals surface area (Å²) in [4.78, 5) is 6.97. The predicted octanol–water partition coefficient (Wildman–Crippen LogP) is 1.90. The number of hydrogen-bond donors (Lipinski definition) is 0. The van der Waals surface area contributed by atoms with Crippen LogP contribution in [-0.2, 0) is 11.2 Å². The van der Waals surface area contributed by atoms with Crippen LogP contribution in [0.5, 0.6) is 0 Å². The summed E-state index contributed by atoms with van der Waals surface area (Å²) in [6, 6.07) is 4.31. The predicted molar refractivity (Wildman–Crippen MR) is 69.1 cm³/mol. The molecule has 0 aliphatic carbocycles. The fourth-order valence-electron chi connectivity index (χ4n) is 2.42. The zero-order valence-electron chi connectivity index (χ0n) is 10.9. The second kappa shape index (κ2) is 6.12. The van der Waals surface area contributed by atoms with Crippen molar-refractivity contribution in [1.82, 2.24) is 9.88 Å². The van der Waals surface area contributed by atoms with Crippen LogP contribution in [0.1, 0.15) is 17.7 Å². The lowest BCUT2D eigenvalue weighted by atomic mass is 10.0.